The first-order valence-corrected chi connectivity index (χ1v) is 9.56. The van der Waals surface area contributed by atoms with Gasteiger partial charge in [0.15, 0.2) is 0 Å². The van der Waals surface area contributed by atoms with Gasteiger partial charge >= 0.3 is 0 Å². The van der Waals surface area contributed by atoms with E-state index in [1.807, 2.05) is 4.90 Å². The topological polar surface area (TPSA) is 71.1 Å². The number of carbonyl (C=O) groups excluding carboxylic acids is 2. The van der Waals surface area contributed by atoms with Crippen LogP contribution in [-0.2, 0) is 19.1 Å². The smallest absolute Gasteiger partial charge is 0.239 e. The van der Waals surface area contributed by atoms with Gasteiger partial charge in [0.05, 0.1) is 19.7 Å². The predicted octanol–water partition coefficient (Wildman–Crippen LogP) is -0.149. The van der Waals surface area contributed by atoms with Crippen molar-refractivity contribution in [2.45, 2.75) is 37.3 Å². The minimum Gasteiger partial charge on any atom is -0.381 e. The van der Waals surface area contributed by atoms with Gasteiger partial charge in [0.1, 0.15) is 11.6 Å². The minimum absolute atomic E-state index is 0.0324. The molecular weight excluding hydrogens is 322 g/mol. The molecule has 0 bridgehead atoms. The number of amides is 2. The fraction of sp³-hybridized carbons (Fsp3) is 0.889. The molecule has 1 saturated carbocycles. The van der Waals surface area contributed by atoms with E-state index in [2.05, 4.69) is 10.2 Å². The summed E-state index contributed by atoms with van der Waals surface area (Å²) in [5, 5.41) is 2.75. The lowest BCUT2D eigenvalue weighted by Gasteiger charge is -2.56. The van der Waals surface area contributed by atoms with Crippen LogP contribution in [-0.4, -0.2) is 86.3 Å². The zero-order valence-electron chi connectivity index (χ0n) is 15.0. The van der Waals surface area contributed by atoms with Crippen molar-refractivity contribution in [3.8, 4) is 0 Å². The number of nitrogens with zero attached hydrogens (tertiary/aromatic N) is 2. The second-order valence-electron chi connectivity index (χ2n) is 8.08. The van der Waals surface area contributed by atoms with Gasteiger partial charge in [-0.15, -0.1) is 0 Å². The molecule has 140 valence electrons. The number of rotatable bonds is 4. The molecule has 3 aliphatic heterocycles. The summed E-state index contributed by atoms with van der Waals surface area (Å²) in [7, 11) is 1.68. The number of likely N-dealkylation sites (tertiary alicyclic amines) is 1. The first-order chi connectivity index (χ1) is 12.1. The number of ether oxygens (including phenoxy) is 2. The minimum atomic E-state index is -0.278. The molecule has 0 radical (unpaired) electrons. The highest BCUT2D eigenvalue weighted by Crippen LogP contribution is 2.36. The van der Waals surface area contributed by atoms with E-state index in [1.165, 1.54) is 12.8 Å². The third-order valence-electron chi connectivity index (χ3n) is 6.06. The van der Waals surface area contributed by atoms with E-state index in [-0.39, 0.29) is 29.4 Å². The van der Waals surface area contributed by atoms with E-state index >= 15 is 0 Å². The molecule has 0 aromatic heterocycles. The van der Waals surface area contributed by atoms with Crippen molar-refractivity contribution >= 4 is 11.8 Å². The number of nitrogens with one attached hydrogen (secondary N) is 1. The van der Waals surface area contributed by atoms with Crippen molar-refractivity contribution < 1.29 is 19.1 Å². The SMILES string of the molecule is CNC(=O)[C@@H]1COC2(CN(C(=O)C3CCOCC3)C2)CN1CC1CC1. The first-order valence-electron chi connectivity index (χ1n) is 9.56. The molecule has 1 N–H and O–H groups in total. The van der Waals surface area contributed by atoms with E-state index < -0.39 is 0 Å². The van der Waals surface area contributed by atoms with Crippen LogP contribution < -0.4 is 5.32 Å². The van der Waals surface area contributed by atoms with Gasteiger partial charge in [-0.2, -0.15) is 0 Å². The maximum Gasteiger partial charge on any atom is 0.239 e. The molecule has 0 aromatic rings. The van der Waals surface area contributed by atoms with Gasteiger partial charge in [-0.3, -0.25) is 14.5 Å². The van der Waals surface area contributed by atoms with Crippen LogP contribution in [0.15, 0.2) is 0 Å². The summed E-state index contributed by atoms with van der Waals surface area (Å²) in [5.41, 5.74) is -0.278. The van der Waals surface area contributed by atoms with Crippen molar-refractivity contribution in [2.75, 3.05) is 53.0 Å². The largest absolute Gasteiger partial charge is 0.381 e. The Bertz CT molecular complexity index is 524. The Morgan fingerprint density at radius 3 is 2.48 bits per heavy atom. The molecule has 25 heavy (non-hydrogen) atoms. The standard InChI is InChI=1S/C18H29N3O4/c1-19-16(22)15-9-25-18(10-20(15)8-13-2-3-13)11-21(12-18)17(23)14-4-6-24-7-5-14/h13-15H,2-12H2,1H3,(H,19,22)/t15-/m0/s1. The Balaban J connectivity index is 1.35. The average molecular weight is 351 g/mol. The monoisotopic (exact) mass is 351 g/mol. The molecule has 7 nitrogen and oxygen atoms in total. The van der Waals surface area contributed by atoms with Crippen molar-refractivity contribution in [3.05, 3.63) is 0 Å². The average Bonchev–Trinajstić information content (AvgIpc) is 3.43. The number of hydrogen-bond donors (Lipinski definition) is 1. The van der Waals surface area contributed by atoms with Crippen molar-refractivity contribution in [1.82, 2.24) is 15.1 Å². The maximum absolute atomic E-state index is 12.6. The van der Waals surface area contributed by atoms with Gasteiger partial charge < -0.3 is 19.7 Å². The molecule has 3 saturated heterocycles. The van der Waals surface area contributed by atoms with E-state index in [9.17, 15) is 9.59 Å². The van der Waals surface area contributed by atoms with Crippen LogP contribution in [0.4, 0.5) is 0 Å². The molecule has 1 aliphatic carbocycles. The number of carbonyl (C=O) groups is 2. The lowest BCUT2D eigenvalue weighted by atomic mass is 9.87. The quantitative estimate of drug-likeness (QED) is 0.763. The van der Waals surface area contributed by atoms with Crippen molar-refractivity contribution in [2.24, 2.45) is 11.8 Å². The highest BCUT2D eigenvalue weighted by molar-refractivity contribution is 5.82. The molecule has 2 amide bonds. The van der Waals surface area contributed by atoms with Crippen LogP contribution in [0.1, 0.15) is 25.7 Å². The Labute approximate surface area is 149 Å². The van der Waals surface area contributed by atoms with E-state index in [0.29, 0.717) is 32.9 Å². The van der Waals surface area contributed by atoms with Gasteiger partial charge in [-0.25, -0.2) is 0 Å². The number of likely N-dealkylation sites (N-methyl/N-ethyl adjacent to an activating group) is 1. The summed E-state index contributed by atoms with van der Waals surface area (Å²) < 4.78 is 11.5. The van der Waals surface area contributed by atoms with Gasteiger partial charge in [0.2, 0.25) is 11.8 Å². The molecular formula is C18H29N3O4. The molecule has 1 spiro atoms. The molecule has 1 atom stereocenters. The van der Waals surface area contributed by atoms with Crippen LogP contribution in [0.25, 0.3) is 0 Å². The maximum atomic E-state index is 12.6. The molecule has 0 aromatic carbocycles. The van der Waals surface area contributed by atoms with Gasteiger partial charge in [0.25, 0.3) is 0 Å². The van der Waals surface area contributed by atoms with Gasteiger partial charge in [-0.05, 0) is 31.6 Å². The third kappa shape index (κ3) is 3.55. The number of morpholine rings is 1. The summed E-state index contributed by atoms with van der Waals surface area (Å²) >= 11 is 0. The van der Waals surface area contributed by atoms with E-state index in [1.54, 1.807) is 7.05 Å². The van der Waals surface area contributed by atoms with Crippen LogP contribution >= 0.6 is 0 Å². The van der Waals surface area contributed by atoms with E-state index in [4.69, 9.17) is 9.47 Å². The van der Waals surface area contributed by atoms with Gasteiger partial charge in [0, 0.05) is 39.3 Å². The highest BCUT2D eigenvalue weighted by Gasteiger charge is 2.53. The Morgan fingerprint density at radius 1 is 1.12 bits per heavy atom. The fourth-order valence-corrected chi connectivity index (χ4v) is 4.32. The summed E-state index contributed by atoms with van der Waals surface area (Å²) in [6, 6.07) is -0.198. The van der Waals surface area contributed by atoms with Crippen LogP contribution in [0.2, 0.25) is 0 Å². The zero-order valence-corrected chi connectivity index (χ0v) is 15.0. The second-order valence-corrected chi connectivity index (χ2v) is 8.08. The van der Waals surface area contributed by atoms with Gasteiger partial charge in [-0.1, -0.05) is 0 Å². The van der Waals surface area contributed by atoms with Crippen LogP contribution in [0, 0.1) is 11.8 Å². The predicted molar refractivity (Wildman–Crippen MR) is 91.0 cm³/mol. The molecule has 4 fully saturated rings. The number of hydrogen-bond acceptors (Lipinski definition) is 5. The van der Waals surface area contributed by atoms with Crippen molar-refractivity contribution in [1.29, 1.82) is 0 Å². The normalized spacial score (nSPS) is 30.1. The Hall–Kier alpha value is -1.18. The Morgan fingerprint density at radius 2 is 1.84 bits per heavy atom. The highest BCUT2D eigenvalue weighted by atomic mass is 16.5. The summed E-state index contributed by atoms with van der Waals surface area (Å²) in [6.45, 7) is 4.83. The molecule has 3 heterocycles. The summed E-state index contributed by atoms with van der Waals surface area (Å²) in [4.78, 5) is 29.0. The summed E-state index contributed by atoms with van der Waals surface area (Å²) in [6.07, 6.45) is 4.18. The lowest BCUT2D eigenvalue weighted by molar-refractivity contribution is -0.207. The zero-order chi connectivity index (χ0) is 17.4. The lowest BCUT2D eigenvalue weighted by Crippen LogP contribution is -2.74. The van der Waals surface area contributed by atoms with E-state index in [0.717, 1.165) is 31.8 Å². The first kappa shape index (κ1) is 17.2. The second kappa shape index (κ2) is 6.85. The molecule has 0 unspecified atom stereocenters. The molecule has 4 aliphatic rings. The molecule has 7 heteroatoms. The molecule has 4 rings (SSSR count). The van der Waals surface area contributed by atoms with Crippen molar-refractivity contribution in [3.63, 3.8) is 0 Å². The third-order valence-corrected chi connectivity index (χ3v) is 6.06. The summed E-state index contributed by atoms with van der Waals surface area (Å²) in [5.74, 6) is 1.11. The fourth-order valence-electron chi connectivity index (χ4n) is 4.32. The Kier molecular flexibility index (Phi) is 4.73. The van der Waals surface area contributed by atoms with Crippen LogP contribution in [0.5, 0.6) is 0 Å². The van der Waals surface area contributed by atoms with Crippen LogP contribution in [0.3, 0.4) is 0 Å².